The van der Waals surface area contributed by atoms with Crippen molar-refractivity contribution in [3.63, 3.8) is 0 Å². The number of aromatic hydroxyl groups is 1. The van der Waals surface area contributed by atoms with Gasteiger partial charge in [0, 0.05) is 5.69 Å². The normalized spacial score (nSPS) is 8.86. The van der Waals surface area contributed by atoms with Crippen molar-refractivity contribution in [2.45, 2.75) is 0 Å². The van der Waals surface area contributed by atoms with Gasteiger partial charge in [-0.25, -0.2) is 5.10 Å². The molecule has 0 fully saturated rings. The van der Waals surface area contributed by atoms with Crippen molar-refractivity contribution in [1.82, 2.24) is 15.4 Å². The fraction of sp³-hybridized carbons (Fsp3) is 0. The Morgan fingerprint density at radius 3 is 2.07 bits per heavy atom. The molecule has 0 aliphatic rings. The highest BCUT2D eigenvalue weighted by Gasteiger charge is 1.82. The number of rotatable bonds is 0. The zero-order valence-corrected chi connectivity index (χ0v) is 7.38. The minimum Gasteiger partial charge on any atom is -0.508 e. The second-order valence-electron chi connectivity index (χ2n) is 2.50. The molecule has 0 bridgehead atoms. The quantitative estimate of drug-likeness (QED) is 0.356. The van der Waals surface area contributed by atoms with Crippen LogP contribution in [0.3, 0.4) is 0 Å². The Balaban J connectivity index is 0.000000146. The van der Waals surface area contributed by atoms with Crippen molar-refractivity contribution in [3.05, 3.63) is 30.5 Å². The lowest BCUT2D eigenvalue weighted by atomic mass is 10.3. The number of aromatic amines is 1. The van der Waals surface area contributed by atoms with E-state index in [2.05, 4.69) is 15.4 Å². The molecule has 0 aliphatic heterocycles. The van der Waals surface area contributed by atoms with Gasteiger partial charge in [-0.1, -0.05) is 5.21 Å². The van der Waals surface area contributed by atoms with Gasteiger partial charge in [0.25, 0.3) is 0 Å². The molecule has 1 aromatic carbocycles. The van der Waals surface area contributed by atoms with E-state index in [1.807, 2.05) is 0 Å². The Hall–Kier alpha value is -2.24. The molecule has 6 nitrogen and oxygen atoms in total. The number of hydrogen-bond acceptors (Lipinski definition) is 5. The molecule has 6 N–H and O–H groups in total. The molecule has 14 heavy (non-hydrogen) atoms. The third-order valence-electron chi connectivity index (χ3n) is 1.33. The fourth-order valence-electron chi connectivity index (χ4n) is 0.681. The maximum absolute atomic E-state index is 8.70. The first-order valence-electron chi connectivity index (χ1n) is 3.84. The average Bonchev–Trinajstić information content (AvgIpc) is 2.63. The van der Waals surface area contributed by atoms with Gasteiger partial charge in [-0.15, -0.1) is 5.10 Å². The highest BCUT2D eigenvalue weighted by molar-refractivity contribution is 5.40. The van der Waals surface area contributed by atoms with E-state index in [-0.39, 0.29) is 5.75 Å². The molecule has 0 saturated carbocycles. The lowest BCUT2D eigenvalue weighted by Crippen LogP contribution is -1.81. The van der Waals surface area contributed by atoms with E-state index in [9.17, 15) is 0 Å². The van der Waals surface area contributed by atoms with Crippen molar-refractivity contribution in [2.24, 2.45) is 0 Å². The number of anilines is 2. The molecule has 2 aromatic rings. The van der Waals surface area contributed by atoms with Crippen LogP contribution in [-0.4, -0.2) is 20.5 Å². The summed E-state index contributed by atoms with van der Waals surface area (Å²) in [6, 6.07) is 6.40. The fourth-order valence-corrected chi connectivity index (χ4v) is 0.681. The highest BCUT2D eigenvalue weighted by atomic mass is 16.3. The number of benzene rings is 1. The van der Waals surface area contributed by atoms with E-state index in [1.165, 1.54) is 6.20 Å². The Morgan fingerprint density at radius 2 is 1.79 bits per heavy atom. The monoisotopic (exact) mass is 193 g/mol. The summed E-state index contributed by atoms with van der Waals surface area (Å²) in [4.78, 5) is 0. The zero-order chi connectivity index (χ0) is 10.4. The van der Waals surface area contributed by atoms with E-state index in [0.717, 1.165) is 0 Å². The topological polar surface area (TPSA) is 114 Å². The molecule has 2 rings (SSSR count). The molecule has 0 saturated heterocycles. The Labute approximate surface area is 80.6 Å². The molecule has 0 radical (unpaired) electrons. The zero-order valence-electron chi connectivity index (χ0n) is 7.38. The van der Waals surface area contributed by atoms with Crippen molar-refractivity contribution in [2.75, 3.05) is 11.5 Å². The van der Waals surface area contributed by atoms with Crippen LogP contribution in [0.1, 0.15) is 0 Å². The minimum atomic E-state index is 0.249. The number of nitrogens with one attached hydrogen (secondary N) is 1. The van der Waals surface area contributed by atoms with Crippen LogP contribution in [0.4, 0.5) is 11.5 Å². The number of nitrogens with two attached hydrogens (primary N) is 2. The summed E-state index contributed by atoms with van der Waals surface area (Å²) in [5, 5.41) is 17.8. The first-order chi connectivity index (χ1) is 6.68. The van der Waals surface area contributed by atoms with Crippen molar-refractivity contribution in [3.8, 4) is 5.75 Å². The van der Waals surface area contributed by atoms with Gasteiger partial charge in [0.2, 0.25) is 0 Å². The SMILES string of the molecule is Nc1ccc(O)cc1.Nc1cnn[nH]1. The standard InChI is InChI=1S/C6H7NO.C2H4N4/c7-5-1-3-6(8)4-2-5;3-2-1-4-6-5-2/h1-4,8H,7H2;1H,(H3,3,4,5,6). The number of nitrogens with zero attached hydrogens (tertiary/aromatic N) is 2. The van der Waals surface area contributed by atoms with E-state index in [4.69, 9.17) is 16.6 Å². The lowest BCUT2D eigenvalue weighted by molar-refractivity contribution is 0.475. The van der Waals surface area contributed by atoms with Crippen LogP contribution in [0.5, 0.6) is 5.75 Å². The largest absolute Gasteiger partial charge is 0.508 e. The predicted octanol–water partition coefficient (Wildman–Crippen LogP) is 0.361. The lowest BCUT2D eigenvalue weighted by Gasteiger charge is -1.89. The van der Waals surface area contributed by atoms with E-state index >= 15 is 0 Å². The molecule has 0 amide bonds. The second-order valence-corrected chi connectivity index (χ2v) is 2.50. The second kappa shape index (κ2) is 4.70. The summed E-state index contributed by atoms with van der Waals surface area (Å²) < 4.78 is 0. The van der Waals surface area contributed by atoms with Crippen LogP contribution >= 0.6 is 0 Å². The van der Waals surface area contributed by atoms with Gasteiger partial charge in [0.05, 0.1) is 6.20 Å². The third kappa shape index (κ3) is 3.44. The van der Waals surface area contributed by atoms with Crippen LogP contribution in [0.25, 0.3) is 0 Å². The van der Waals surface area contributed by atoms with Crippen molar-refractivity contribution in [1.29, 1.82) is 0 Å². The van der Waals surface area contributed by atoms with Gasteiger partial charge in [-0.2, -0.15) is 0 Å². The van der Waals surface area contributed by atoms with E-state index in [0.29, 0.717) is 11.5 Å². The number of nitrogen functional groups attached to an aromatic ring is 2. The summed E-state index contributed by atoms with van der Waals surface area (Å²) in [5.41, 5.74) is 11.1. The van der Waals surface area contributed by atoms with Gasteiger partial charge >= 0.3 is 0 Å². The van der Waals surface area contributed by atoms with Crippen molar-refractivity contribution < 1.29 is 5.11 Å². The van der Waals surface area contributed by atoms with Crippen LogP contribution in [-0.2, 0) is 0 Å². The van der Waals surface area contributed by atoms with Gasteiger partial charge in [-0.3, -0.25) is 0 Å². The molecular formula is C8H11N5O. The smallest absolute Gasteiger partial charge is 0.139 e. The maximum Gasteiger partial charge on any atom is 0.139 e. The highest BCUT2D eigenvalue weighted by Crippen LogP contribution is 2.09. The summed E-state index contributed by atoms with van der Waals surface area (Å²) in [7, 11) is 0. The number of phenols is 1. The van der Waals surface area contributed by atoms with Gasteiger partial charge in [-0.05, 0) is 24.3 Å². The maximum atomic E-state index is 8.70. The number of aromatic nitrogens is 3. The van der Waals surface area contributed by atoms with Gasteiger partial charge < -0.3 is 16.6 Å². The molecular weight excluding hydrogens is 182 g/mol. The third-order valence-corrected chi connectivity index (χ3v) is 1.33. The number of phenolic OH excluding ortho intramolecular Hbond substituents is 1. The Bertz CT molecular complexity index is 335. The number of H-pyrrole nitrogens is 1. The van der Waals surface area contributed by atoms with E-state index in [1.54, 1.807) is 24.3 Å². The number of hydrogen-bond donors (Lipinski definition) is 4. The molecule has 1 aromatic heterocycles. The van der Waals surface area contributed by atoms with Gasteiger partial charge in [0.15, 0.2) is 0 Å². The summed E-state index contributed by atoms with van der Waals surface area (Å²) >= 11 is 0. The Morgan fingerprint density at radius 1 is 1.14 bits per heavy atom. The Kier molecular flexibility index (Phi) is 3.31. The van der Waals surface area contributed by atoms with Crippen LogP contribution in [0.15, 0.2) is 30.5 Å². The first-order valence-corrected chi connectivity index (χ1v) is 3.84. The van der Waals surface area contributed by atoms with Crippen LogP contribution in [0, 0.1) is 0 Å². The molecule has 74 valence electrons. The minimum absolute atomic E-state index is 0.249. The summed E-state index contributed by atoms with van der Waals surface area (Å²) in [6.07, 6.45) is 1.44. The average molecular weight is 193 g/mol. The molecule has 0 unspecified atom stereocenters. The summed E-state index contributed by atoms with van der Waals surface area (Å²) in [5.74, 6) is 0.745. The van der Waals surface area contributed by atoms with Gasteiger partial charge in [0.1, 0.15) is 11.6 Å². The summed E-state index contributed by atoms with van der Waals surface area (Å²) in [6.45, 7) is 0. The molecule has 1 heterocycles. The molecule has 6 heteroatoms. The van der Waals surface area contributed by atoms with Crippen LogP contribution < -0.4 is 11.5 Å². The predicted molar refractivity (Wildman–Crippen MR) is 53.3 cm³/mol. The molecule has 0 spiro atoms. The molecule has 0 aliphatic carbocycles. The first kappa shape index (κ1) is 9.85. The van der Waals surface area contributed by atoms with Crippen molar-refractivity contribution >= 4 is 11.5 Å². The molecule has 0 atom stereocenters. The van der Waals surface area contributed by atoms with E-state index < -0.39 is 0 Å². The van der Waals surface area contributed by atoms with Crippen LogP contribution in [0.2, 0.25) is 0 Å².